The van der Waals surface area contributed by atoms with Gasteiger partial charge in [0.05, 0.1) is 0 Å². The van der Waals surface area contributed by atoms with Crippen LogP contribution in [0, 0.1) is 0 Å². The van der Waals surface area contributed by atoms with Crippen LogP contribution in [0.1, 0.15) is 44.1 Å². The monoisotopic (exact) mass is 290 g/mol. The molecule has 0 aromatic heterocycles. The lowest BCUT2D eigenvalue weighted by atomic mass is 10.0. The Bertz CT molecular complexity index is 506. The van der Waals surface area contributed by atoms with Crippen molar-refractivity contribution in [3.63, 3.8) is 0 Å². The van der Waals surface area contributed by atoms with Crippen molar-refractivity contribution in [1.82, 2.24) is 0 Å². The number of benzene rings is 1. The summed E-state index contributed by atoms with van der Waals surface area (Å²) in [6.45, 7) is 3.67. The summed E-state index contributed by atoms with van der Waals surface area (Å²) in [6, 6.07) is 5.06. The highest BCUT2D eigenvalue weighted by molar-refractivity contribution is 5.89. The van der Waals surface area contributed by atoms with E-state index in [4.69, 9.17) is 4.74 Å². The van der Waals surface area contributed by atoms with Crippen LogP contribution in [0.5, 0.6) is 11.5 Å². The van der Waals surface area contributed by atoms with Crippen LogP contribution in [-0.4, -0.2) is 22.3 Å². The first-order chi connectivity index (χ1) is 10.1. The molecule has 0 saturated carbocycles. The molecule has 1 aliphatic rings. The molecule has 1 saturated heterocycles. The SMILES string of the molecule is C=C1CC(CCCCCCc2cccc(O)c2O)OC1=O. The van der Waals surface area contributed by atoms with Crippen molar-refractivity contribution < 1.29 is 19.7 Å². The molecule has 114 valence electrons. The van der Waals surface area contributed by atoms with E-state index in [1.165, 1.54) is 6.07 Å². The minimum absolute atomic E-state index is 0.00567. The van der Waals surface area contributed by atoms with E-state index in [9.17, 15) is 15.0 Å². The van der Waals surface area contributed by atoms with Gasteiger partial charge in [-0.2, -0.15) is 0 Å². The zero-order valence-electron chi connectivity index (χ0n) is 12.2. The van der Waals surface area contributed by atoms with Gasteiger partial charge >= 0.3 is 5.97 Å². The lowest BCUT2D eigenvalue weighted by molar-refractivity contribution is -0.139. The van der Waals surface area contributed by atoms with Crippen molar-refractivity contribution >= 4 is 5.97 Å². The van der Waals surface area contributed by atoms with E-state index < -0.39 is 0 Å². The lowest BCUT2D eigenvalue weighted by Crippen LogP contribution is -2.06. The first-order valence-corrected chi connectivity index (χ1v) is 7.46. The zero-order chi connectivity index (χ0) is 15.2. The highest BCUT2D eigenvalue weighted by Crippen LogP contribution is 2.29. The molecule has 1 fully saturated rings. The van der Waals surface area contributed by atoms with Gasteiger partial charge < -0.3 is 14.9 Å². The van der Waals surface area contributed by atoms with Crippen LogP contribution in [0.3, 0.4) is 0 Å². The van der Waals surface area contributed by atoms with Crippen molar-refractivity contribution in [3.8, 4) is 11.5 Å². The molecule has 1 aromatic rings. The van der Waals surface area contributed by atoms with Gasteiger partial charge in [-0.05, 0) is 37.3 Å². The average molecular weight is 290 g/mol. The lowest BCUT2D eigenvalue weighted by Gasteiger charge is -2.08. The number of ether oxygens (including phenoxy) is 1. The predicted octanol–water partition coefficient (Wildman–Crippen LogP) is 3.46. The maximum Gasteiger partial charge on any atom is 0.333 e. The fourth-order valence-electron chi connectivity index (χ4n) is 2.62. The number of para-hydroxylation sites is 1. The van der Waals surface area contributed by atoms with Crippen LogP contribution < -0.4 is 0 Å². The molecular weight excluding hydrogens is 268 g/mol. The van der Waals surface area contributed by atoms with Gasteiger partial charge in [0.1, 0.15) is 6.10 Å². The van der Waals surface area contributed by atoms with Crippen LogP contribution in [0.2, 0.25) is 0 Å². The van der Waals surface area contributed by atoms with Crippen molar-refractivity contribution in [2.45, 2.75) is 51.0 Å². The molecule has 4 heteroatoms. The van der Waals surface area contributed by atoms with E-state index in [1.807, 2.05) is 6.07 Å². The van der Waals surface area contributed by atoms with E-state index in [0.29, 0.717) is 12.0 Å². The second-order valence-electron chi connectivity index (χ2n) is 5.57. The largest absolute Gasteiger partial charge is 0.504 e. The Balaban J connectivity index is 1.59. The van der Waals surface area contributed by atoms with Crippen molar-refractivity contribution in [2.75, 3.05) is 0 Å². The van der Waals surface area contributed by atoms with E-state index in [2.05, 4.69) is 6.58 Å². The number of hydrogen-bond donors (Lipinski definition) is 2. The highest BCUT2D eigenvalue weighted by Gasteiger charge is 2.26. The summed E-state index contributed by atoms with van der Waals surface area (Å²) in [4.78, 5) is 11.2. The van der Waals surface area contributed by atoms with Crippen molar-refractivity contribution in [1.29, 1.82) is 0 Å². The summed E-state index contributed by atoms with van der Waals surface area (Å²) < 4.78 is 5.18. The molecule has 1 aliphatic heterocycles. The Labute approximate surface area is 125 Å². The van der Waals surface area contributed by atoms with E-state index >= 15 is 0 Å². The van der Waals surface area contributed by atoms with Gasteiger partial charge in [0.2, 0.25) is 0 Å². The van der Waals surface area contributed by atoms with E-state index in [0.717, 1.165) is 44.1 Å². The number of aryl methyl sites for hydroxylation is 1. The number of phenolic OH excluding ortho intramolecular Hbond substituents is 2. The molecule has 4 nitrogen and oxygen atoms in total. The number of aromatic hydroxyl groups is 2. The van der Waals surface area contributed by atoms with Crippen LogP contribution in [-0.2, 0) is 16.0 Å². The zero-order valence-corrected chi connectivity index (χ0v) is 12.2. The number of carbonyl (C=O) groups is 1. The van der Waals surface area contributed by atoms with Gasteiger partial charge in [0.15, 0.2) is 11.5 Å². The quantitative estimate of drug-likeness (QED) is 0.349. The summed E-state index contributed by atoms with van der Waals surface area (Å²) in [6.07, 6.45) is 6.44. The number of esters is 1. The minimum Gasteiger partial charge on any atom is -0.504 e. The number of hydrogen-bond acceptors (Lipinski definition) is 4. The molecule has 0 aliphatic carbocycles. The van der Waals surface area contributed by atoms with Gasteiger partial charge in [0.25, 0.3) is 0 Å². The Hall–Kier alpha value is -1.97. The number of rotatable bonds is 7. The van der Waals surface area contributed by atoms with Gasteiger partial charge in [-0.15, -0.1) is 0 Å². The number of unbranched alkanes of at least 4 members (excludes halogenated alkanes) is 3. The smallest absolute Gasteiger partial charge is 0.333 e. The highest BCUT2D eigenvalue weighted by atomic mass is 16.5. The molecule has 0 radical (unpaired) electrons. The predicted molar refractivity (Wildman–Crippen MR) is 80.2 cm³/mol. The fraction of sp³-hybridized carbons (Fsp3) is 0.471. The van der Waals surface area contributed by atoms with Gasteiger partial charge in [0, 0.05) is 12.0 Å². The molecule has 1 heterocycles. The van der Waals surface area contributed by atoms with Crippen LogP contribution in [0.4, 0.5) is 0 Å². The summed E-state index contributed by atoms with van der Waals surface area (Å²) in [7, 11) is 0. The molecular formula is C17H22O4. The van der Waals surface area contributed by atoms with Crippen molar-refractivity contribution in [2.24, 2.45) is 0 Å². The average Bonchev–Trinajstić information content (AvgIpc) is 2.77. The minimum atomic E-state index is -0.251. The standard InChI is InChI=1S/C17H22O4/c1-12-11-14(21-17(12)20)9-5-3-2-4-7-13-8-6-10-15(18)16(13)19/h6,8,10,14,18-19H,1-5,7,9,11H2. The van der Waals surface area contributed by atoms with Crippen LogP contribution in [0.15, 0.2) is 30.4 Å². The molecule has 0 amide bonds. The Morgan fingerprint density at radius 3 is 2.67 bits per heavy atom. The van der Waals surface area contributed by atoms with Gasteiger partial charge in [-0.3, -0.25) is 0 Å². The second kappa shape index (κ2) is 7.16. The summed E-state index contributed by atoms with van der Waals surface area (Å²) in [5, 5.41) is 19.1. The molecule has 1 unspecified atom stereocenters. The van der Waals surface area contributed by atoms with E-state index in [-0.39, 0.29) is 23.6 Å². The topological polar surface area (TPSA) is 66.8 Å². The molecule has 21 heavy (non-hydrogen) atoms. The maximum atomic E-state index is 11.2. The number of carbonyl (C=O) groups excluding carboxylic acids is 1. The Morgan fingerprint density at radius 1 is 1.19 bits per heavy atom. The number of cyclic esters (lactones) is 1. The third-order valence-electron chi connectivity index (χ3n) is 3.86. The summed E-state index contributed by atoms with van der Waals surface area (Å²) >= 11 is 0. The molecule has 2 N–H and O–H groups in total. The van der Waals surface area contributed by atoms with Crippen LogP contribution >= 0.6 is 0 Å². The Morgan fingerprint density at radius 2 is 1.95 bits per heavy atom. The first-order valence-electron chi connectivity index (χ1n) is 7.46. The molecule has 1 aromatic carbocycles. The third-order valence-corrected chi connectivity index (χ3v) is 3.86. The summed E-state index contributed by atoms with van der Waals surface area (Å²) in [5.41, 5.74) is 1.37. The van der Waals surface area contributed by atoms with Gasteiger partial charge in [-0.1, -0.05) is 31.6 Å². The maximum absolute atomic E-state index is 11.2. The van der Waals surface area contributed by atoms with E-state index in [1.54, 1.807) is 6.07 Å². The first kappa shape index (κ1) is 15.4. The van der Waals surface area contributed by atoms with Crippen LogP contribution in [0.25, 0.3) is 0 Å². The molecule has 0 bridgehead atoms. The third kappa shape index (κ3) is 4.25. The molecule has 0 spiro atoms. The fourth-order valence-corrected chi connectivity index (χ4v) is 2.62. The van der Waals surface area contributed by atoms with Crippen molar-refractivity contribution in [3.05, 3.63) is 35.9 Å². The Kier molecular flexibility index (Phi) is 5.26. The molecule has 1 atom stereocenters. The second-order valence-corrected chi connectivity index (χ2v) is 5.57. The van der Waals surface area contributed by atoms with Gasteiger partial charge in [-0.25, -0.2) is 4.79 Å². The number of phenols is 2. The molecule has 2 rings (SSSR count). The normalized spacial score (nSPS) is 18.0. The summed E-state index contributed by atoms with van der Waals surface area (Å²) in [5.74, 6) is -0.316.